The van der Waals surface area contributed by atoms with Gasteiger partial charge >= 0.3 is 0 Å². The standard InChI is InChI=1S/C19H23N7O3/c1-20-18(27)14-9-13-16(29-14)17(26-5-7-28-8-6-26)23-19(21-13)22-15-10-12(24-25-15)11-3-2-4-11/h9-11H,2-8H2,1H3,(H,20,27)(H2,21,22,23,24,25). The van der Waals surface area contributed by atoms with E-state index in [9.17, 15) is 4.79 Å². The maximum Gasteiger partial charge on any atom is 0.286 e. The van der Waals surface area contributed by atoms with Gasteiger partial charge in [0.15, 0.2) is 23.0 Å². The molecule has 10 heteroatoms. The van der Waals surface area contributed by atoms with Crippen molar-refractivity contribution in [2.24, 2.45) is 0 Å². The number of aromatic amines is 1. The fourth-order valence-electron chi connectivity index (χ4n) is 3.64. The molecule has 3 aromatic rings. The molecule has 152 valence electrons. The number of carbonyl (C=O) groups is 1. The van der Waals surface area contributed by atoms with Gasteiger partial charge < -0.3 is 24.7 Å². The lowest BCUT2D eigenvalue weighted by atomic mass is 9.83. The smallest absolute Gasteiger partial charge is 0.286 e. The van der Waals surface area contributed by atoms with E-state index in [0.29, 0.717) is 60.9 Å². The highest BCUT2D eigenvalue weighted by atomic mass is 16.5. The van der Waals surface area contributed by atoms with Gasteiger partial charge in [0, 0.05) is 43.9 Å². The summed E-state index contributed by atoms with van der Waals surface area (Å²) in [6.07, 6.45) is 3.66. The quantitative estimate of drug-likeness (QED) is 0.599. The van der Waals surface area contributed by atoms with Crippen LogP contribution >= 0.6 is 0 Å². The lowest BCUT2D eigenvalue weighted by molar-refractivity contribution is 0.0937. The van der Waals surface area contributed by atoms with Gasteiger partial charge in [0.2, 0.25) is 5.95 Å². The normalized spacial score (nSPS) is 17.3. The van der Waals surface area contributed by atoms with Crippen LogP contribution in [-0.4, -0.2) is 59.4 Å². The predicted molar refractivity (Wildman–Crippen MR) is 107 cm³/mol. The molecule has 3 aromatic heterocycles. The lowest BCUT2D eigenvalue weighted by Crippen LogP contribution is -2.37. The lowest BCUT2D eigenvalue weighted by Gasteiger charge is -2.27. The van der Waals surface area contributed by atoms with Crippen molar-refractivity contribution >= 4 is 34.6 Å². The van der Waals surface area contributed by atoms with E-state index in [1.807, 2.05) is 6.07 Å². The van der Waals surface area contributed by atoms with Crippen LogP contribution in [-0.2, 0) is 4.74 Å². The molecule has 3 N–H and O–H groups in total. The zero-order chi connectivity index (χ0) is 19.8. The number of hydrogen-bond acceptors (Lipinski definition) is 8. The van der Waals surface area contributed by atoms with Crippen molar-refractivity contribution in [1.29, 1.82) is 0 Å². The summed E-state index contributed by atoms with van der Waals surface area (Å²) in [5.41, 5.74) is 2.20. The molecule has 1 amide bonds. The van der Waals surface area contributed by atoms with Crippen molar-refractivity contribution in [1.82, 2.24) is 25.5 Å². The third-order valence-electron chi connectivity index (χ3n) is 5.50. The average molecular weight is 397 g/mol. The van der Waals surface area contributed by atoms with Gasteiger partial charge in [0.25, 0.3) is 5.91 Å². The number of amides is 1. The molecular weight excluding hydrogens is 374 g/mol. The minimum Gasteiger partial charge on any atom is -0.445 e. The number of furan rings is 1. The fraction of sp³-hybridized carbons (Fsp3) is 0.474. The summed E-state index contributed by atoms with van der Waals surface area (Å²) in [6, 6.07) is 3.65. The molecular formula is C19H23N7O3. The Morgan fingerprint density at radius 2 is 2.07 bits per heavy atom. The van der Waals surface area contributed by atoms with Gasteiger partial charge in [-0.05, 0) is 12.8 Å². The molecule has 2 fully saturated rings. The van der Waals surface area contributed by atoms with Crippen LogP contribution in [0.15, 0.2) is 16.5 Å². The zero-order valence-electron chi connectivity index (χ0n) is 16.2. The number of carbonyl (C=O) groups excluding carboxylic acids is 1. The molecule has 29 heavy (non-hydrogen) atoms. The second-order valence-electron chi connectivity index (χ2n) is 7.34. The molecule has 0 radical (unpaired) electrons. The van der Waals surface area contributed by atoms with E-state index < -0.39 is 0 Å². The van der Waals surface area contributed by atoms with Crippen LogP contribution in [0.5, 0.6) is 0 Å². The molecule has 0 aromatic carbocycles. The monoisotopic (exact) mass is 397 g/mol. The van der Waals surface area contributed by atoms with Crippen molar-refractivity contribution in [3.8, 4) is 0 Å². The van der Waals surface area contributed by atoms with Gasteiger partial charge in [-0.15, -0.1) is 0 Å². The number of morpholine rings is 1. The first-order valence-electron chi connectivity index (χ1n) is 9.90. The molecule has 1 aliphatic carbocycles. The molecule has 4 heterocycles. The third kappa shape index (κ3) is 3.39. The summed E-state index contributed by atoms with van der Waals surface area (Å²) in [6.45, 7) is 2.61. The van der Waals surface area contributed by atoms with Gasteiger partial charge in [0.1, 0.15) is 5.52 Å². The van der Waals surface area contributed by atoms with Gasteiger partial charge in [-0.25, -0.2) is 4.98 Å². The number of H-pyrrole nitrogens is 1. The number of ether oxygens (including phenoxy) is 1. The number of nitrogens with zero attached hydrogens (tertiary/aromatic N) is 4. The van der Waals surface area contributed by atoms with E-state index in [1.165, 1.54) is 19.3 Å². The molecule has 2 aliphatic rings. The van der Waals surface area contributed by atoms with Crippen molar-refractivity contribution in [3.63, 3.8) is 0 Å². The highest BCUT2D eigenvalue weighted by molar-refractivity contribution is 5.97. The molecule has 5 rings (SSSR count). The second kappa shape index (κ2) is 7.36. The Bertz CT molecular complexity index is 1030. The Balaban J connectivity index is 1.50. The van der Waals surface area contributed by atoms with Gasteiger partial charge in [-0.1, -0.05) is 6.42 Å². The number of aromatic nitrogens is 4. The number of nitrogens with one attached hydrogen (secondary N) is 3. The molecule has 0 spiro atoms. The van der Waals surface area contributed by atoms with E-state index in [0.717, 1.165) is 5.69 Å². The Kier molecular flexibility index (Phi) is 4.55. The van der Waals surface area contributed by atoms with E-state index in [-0.39, 0.29) is 11.7 Å². The van der Waals surface area contributed by atoms with Crippen LogP contribution in [0, 0.1) is 0 Å². The zero-order valence-corrected chi connectivity index (χ0v) is 16.2. The minimum atomic E-state index is -0.303. The molecule has 1 aliphatic heterocycles. The summed E-state index contributed by atoms with van der Waals surface area (Å²) >= 11 is 0. The van der Waals surface area contributed by atoms with Crippen LogP contribution in [0.1, 0.15) is 41.4 Å². The predicted octanol–water partition coefficient (Wildman–Crippen LogP) is 2.15. The van der Waals surface area contributed by atoms with Crippen LogP contribution in [0.25, 0.3) is 11.1 Å². The Morgan fingerprint density at radius 3 is 2.79 bits per heavy atom. The van der Waals surface area contributed by atoms with Crippen molar-refractivity contribution in [2.45, 2.75) is 25.2 Å². The summed E-state index contributed by atoms with van der Waals surface area (Å²) in [5, 5.41) is 13.2. The Morgan fingerprint density at radius 1 is 1.24 bits per heavy atom. The Hall–Kier alpha value is -3.14. The first kappa shape index (κ1) is 17.9. The SMILES string of the molecule is CNC(=O)c1cc2nc(Nc3cc(C4CCC4)[nH]n3)nc(N3CCOCC3)c2o1. The second-order valence-corrected chi connectivity index (χ2v) is 7.34. The summed E-state index contributed by atoms with van der Waals surface area (Å²) in [4.78, 5) is 23.3. The maximum absolute atomic E-state index is 12.0. The van der Waals surface area contributed by atoms with Crippen molar-refractivity contribution in [2.75, 3.05) is 43.6 Å². The number of anilines is 3. The van der Waals surface area contributed by atoms with E-state index in [1.54, 1.807) is 13.1 Å². The maximum atomic E-state index is 12.0. The van der Waals surface area contributed by atoms with Gasteiger partial charge in [0.05, 0.1) is 13.2 Å². The highest BCUT2D eigenvalue weighted by Crippen LogP contribution is 2.36. The fourth-order valence-corrected chi connectivity index (χ4v) is 3.64. The molecule has 0 atom stereocenters. The number of hydrogen-bond donors (Lipinski definition) is 3. The minimum absolute atomic E-state index is 0.204. The van der Waals surface area contributed by atoms with E-state index in [2.05, 4.69) is 35.7 Å². The summed E-state index contributed by atoms with van der Waals surface area (Å²) < 4.78 is 11.3. The van der Waals surface area contributed by atoms with Crippen molar-refractivity contribution < 1.29 is 13.9 Å². The van der Waals surface area contributed by atoms with E-state index in [4.69, 9.17) is 9.15 Å². The van der Waals surface area contributed by atoms with Crippen LogP contribution in [0.4, 0.5) is 17.6 Å². The van der Waals surface area contributed by atoms with E-state index >= 15 is 0 Å². The summed E-state index contributed by atoms with van der Waals surface area (Å²) in [7, 11) is 1.56. The van der Waals surface area contributed by atoms with Crippen LogP contribution in [0.2, 0.25) is 0 Å². The van der Waals surface area contributed by atoms with Crippen molar-refractivity contribution in [3.05, 3.63) is 23.6 Å². The first-order chi connectivity index (χ1) is 14.2. The average Bonchev–Trinajstić information content (AvgIpc) is 3.33. The number of rotatable bonds is 5. The van der Waals surface area contributed by atoms with Crippen LogP contribution in [0.3, 0.4) is 0 Å². The Labute approximate surface area is 167 Å². The third-order valence-corrected chi connectivity index (χ3v) is 5.50. The largest absolute Gasteiger partial charge is 0.445 e. The van der Waals surface area contributed by atoms with Crippen LogP contribution < -0.4 is 15.5 Å². The molecule has 1 saturated heterocycles. The first-order valence-corrected chi connectivity index (χ1v) is 9.90. The molecule has 10 nitrogen and oxygen atoms in total. The van der Waals surface area contributed by atoms with Gasteiger partial charge in [-0.3, -0.25) is 9.89 Å². The molecule has 0 bridgehead atoms. The molecule has 1 saturated carbocycles. The van der Waals surface area contributed by atoms with Gasteiger partial charge in [-0.2, -0.15) is 10.1 Å². The molecule has 0 unspecified atom stereocenters. The number of fused-ring (bicyclic) bond motifs is 1. The summed E-state index contributed by atoms with van der Waals surface area (Å²) in [5.74, 6) is 2.20. The topological polar surface area (TPSA) is 121 Å². The highest BCUT2D eigenvalue weighted by Gasteiger charge is 2.24.